The lowest BCUT2D eigenvalue weighted by atomic mass is 9.88. The van der Waals surface area contributed by atoms with Gasteiger partial charge in [-0.1, -0.05) is 27.7 Å². The highest BCUT2D eigenvalue weighted by Gasteiger charge is 2.22. The summed E-state index contributed by atoms with van der Waals surface area (Å²) in [5.74, 6) is 6.67. The molecule has 4 nitrogen and oxygen atoms in total. The van der Waals surface area contributed by atoms with Gasteiger partial charge in [0.25, 0.3) is 0 Å². The lowest BCUT2D eigenvalue weighted by molar-refractivity contribution is 0.301. The molecule has 1 atom stereocenters. The number of hydrazine groups is 1. The molecule has 0 spiro atoms. The molecule has 0 saturated carbocycles. The van der Waals surface area contributed by atoms with Gasteiger partial charge in [0.15, 0.2) is 0 Å². The number of rotatable bonds is 5. The fraction of sp³-hybridized carbons (Fsp3) is 0.750. The third-order valence-electron chi connectivity index (χ3n) is 2.54. The van der Waals surface area contributed by atoms with E-state index in [9.17, 15) is 0 Å². The summed E-state index contributed by atoms with van der Waals surface area (Å²) in [6, 6.07) is 0.126. The van der Waals surface area contributed by atoms with Crippen molar-refractivity contribution in [3.05, 3.63) is 18.2 Å². The number of aryl methyl sites for hydroxylation is 1. The second-order valence-electron chi connectivity index (χ2n) is 5.46. The molecule has 0 aliphatic heterocycles. The van der Waals surface area contributed by atoms with Crippen LogP contribution in [0.15, 0.2) is 12.4 Å². The highest BCUT2D eigenvalue weighted by atomic mass is 15.3. The Morgan fingerprint density at radius 3 is 2.69 bits per heavy atom. The van der Waals surface area contributed by atoms with Gasteiger partial charge in [0.2, 0.25) is 0 Å². The molecular formula is C12H24N4. The first-order valence-electron chi connectivity index (χ1n) is 5.95. The Kier molecular flexibility index (Phi) is 4.50. The van der Waals surface area contributed by atoms with E-state index < -0.39 is 0 Å². The van der Waals surface area contributed by atoms with Gasteiger partial charge in [0.05, 0.1) is 6.04 Å². The summed E-state index contributed by atoms with van der Waals surface area (Å²) in [4.78, 5) is 4.41. The van der Waals surface area contributed by atoms with Crippen LogP contribution in [0.3, 0.4) is 0 Å². The average molecular weight is 224 g/mol. The van der Waals surface area contributed by atoms with E-state index >= 15 is 0 Å². The lowest BCUT2D eigenvalue weighted by Gasteiger charge is -2.25. The smallest absolute Gasteiger partial charge is 0.127 e. The molecule has 0 amide bonds. The second kappa shape index (κ2) is 5.46. The molecule has 1 rings (SSSR count). The minimum atomic E-state index is 0.126. The molecule has 0 aromatic carbocycles. The van der Waals surface area contributed by atoms with Crippen molar-refractivity contribution in [2.45, 2.75) is 53.1 Å². The maximum atomic E-state index is 5.63. The van der Waals surface area contributed by atoms with E-state index in [0.29, 0.717) is 0 Å². The predicted molar refractivity (Wildman–Crippen MR) is 66.7 cm³/mol. The molecule has 0 bridgehead atoms. The van der Waals surface area contributed by atoms with E-state index in [-0.39, 0.29) is 11.5 Å². The summed E-state index contributed by atoms with van der Waals surface area (Å²) in [5.41, 5.74) is 3.11. The van der Waals surface area contributed by atoms with Crippen molar-refractivity contribution in [1.82, 2.24) is 15.0 Å². The normalized spacial score (nSPS) is 14.1. The van der Waals surface area contributed by atoms with Gasteiger partial charge < -0.3 is 4.57 Å². The van der Waals surface area contributed by atoms with E-state index in [1.54, 1.807) is 0 Å². The van der Waals surface area contributed by atoms with Crippen LogP contribution in [0.1, 0.15) is 52.4 Å². The SMILES string of the molecule is CCCn1ccnc1C(CC(C)(C)C)NN. The Hall–Kier alpha value is -0.870. The molecule has 0 fully saturated rings. The van der Waals surface area contributed by atoms with Gasteiger partial charge in [-0.3, -0.25) is 5.84 Å². The van der Waals surface area contributed by atoms with E-state index in [0.717, 1.165) is 25.2 Å². The Labute approximate surface area is 98.2 Å². The van der Waals surface area contributed by atoms with Crippen molar-refractivity contribution in [2.24, 2.45) is 11.3 Å². The summed E-state index contributed by atoms with van der Waals surface area (Å²) in [7, 11) is 0. The van der Waals surface area contributed by atoms with E-state index in [1.807, 2.05) is 12.4 Å². The summed E-state index contributed by atoms with van der Waals surface area (Å²) < 4.78 is 2.18. The van der Waals surface area contributed by atoms with Crippen LogP contribution in [0.2, 0.25) is 0 Å². The number of nitrogens with zero attached hydrogens (tertiary/aromatic N) is 2. The van der Waals surface area contributed by atoms with Crippen LogP contribution in [0.4, 0.5) is 0 Å². The zero-order valence-corrected chi connectivity index (χ0v) is 10.8. The molecule has 1 aromatic heterocycles. The summed E-state index contributed by atoms with van der Waals surface area (Å²) >= 11 is 0. The molecule has 0 aliphatic carbocycles. The maximum absolute atomic E-state index is 5.63. The molecular weight excluding hydrogens is 200 g/mol. The van der Waals surface area contributed by atoms with Crippen LogP contribution in [-0.2, 0) is 6.54 Å². The van der Waals surface area contributed by atoms with Crippen molar-refractivity contribution < 1.29 is 0 Å². The Bertz CT molecular complexity index is 311. The number of nitrogens with two attached hydrogens (primary N) is 1. The molecule has 0 aliphatic rings. The monoisotopic (exact) mass is 224 g/mol. The van der Waals surface area contributed by atoms with Gasteiger partial charge in [-0.15, -0.1) is 0 Å². The fourth-order valence-electron chi connectivity index (χ4n) is 1.90. The van der Waals surface area contributed by atoms with E-state index in [2.05, 4.69) is 42.7 Å². The minimum absolute atomic E-state index is 0.126. The highest BCUT2D eigenvalue weighted by molar-refractivity contribution is 5.00. The van der Waals surface area contributed by atoms with Crippen LogP contribution < -0.4 is 11.3 Å². The van der Waals surface area contributed by atoms with Crippen molar-refractivity contribution in [3.8, 4) is 0 Å². The second-order valence-corrected chi connectivity index (χ2v) is 5.46. The van der Waals surface area contributed by atoms with Gasteiger partial charge in [0, 0.05) is 18.9 Å². The standard InChI is InChI=1S/C12H24N4/c1-5-7-16-8-6-14-11(16)10(15-13)9-12(2,3)4/h6,8,10,15H,5,7,9,13H2,1-4H3. The van der Waals surface area contributed by atoms with Crippen LogP contribution in [0.25, 0.3) is 0 Å². The zero-order valence-electron chi connectivity index (χ0n) is 10.8. The quantitative estimate of drug-likeness (QED) is 0.595. The molecule has 16 heavy (non-hydrogen) atoms. The summed E-state index contributed by atoms with van der Waals surface area (Å²) in [5, 5.41) is 0. The maximum Gasteiger partial charge on any atom is 0.127 e. The Morgan fingerprint density at radius 2 is 2.19 bits per heavy atom. The Morgan fingerprint density at radius 1 is 1.50 bits per heavy atom. The van der Waals surface area contributed by atoms with Gasteiger partial charge in [-0.05, 0) is 18.3 Å². The minimum Gasteiger partial charge on any atom is -0.334 e. The van der Waals surface area contributed by atoms with Crippen molar-refractivity contribution in [3.63, 3.8) is 0 Å². The lowest BCUT2D eigenvalue weighted by Crippen LogP contribution is -2.33. The number of nitrogens with one attached hydrogen (secondary N) is 1. The number of aromatic nitrogens is 2. The first-order valence-corrected chi connectivity index (χ1v) is 5.95. The van der Waals surface area contributed by atoms with Gasteiger partial charge in [-0.2, -0.15) is 0 Å². The zero-order chi connectivity index (χ0) is 12.2. The van der Waals surface area contributed by atoms with Crippen molar-refractivity contribution >= 4 is 0 Å². The molecule has 92 valence electrons. The van der Waals surface area contributed by atoms with E-state index in [1.165, 1.54) is 0 Å². The largest absolute Gasteiger partial charge is 0.334 e. The molecule has 1 heterocycles. The predicted octanol–water partition coefficient (Wildman–Crippen LogP) is 2.23. The molecule has 1 unspecified atom stereocenters. The van der Waals surface area contributed by atoms with Gasteiger partial charge >= 0.3 is 0 Å². The number of imidazole rings is 1. The number of hydrogen-bond acceptors (Lipinski definition) is 3. The van der Waals surface area contributed by atoms with Gasteiger partial charge in [0.1, 0.15) is 5.82 Å². The molecule has 0 radical (unpaired) electrons. The van der Waals surface area contributed by atoms with Crippen LogP contribution in [-0.4, -0.2) is 9.55 Å². The Balaban J connectivity index is 2.82. The van der Waals surface area contributed by atoms with E-state index in [4.69, 9.17) is 5.84 Å². The average Bonchev–Trinajstić information content (AvgIpc) is 2.61. The van der Waals surface area contributed by atoms with Crippen molar-refractivity contribution in [2.75, 3.05) is 0 Å². The fourth-order valence-corrected chi connectivity index (χ4v) is 1.90. The first kappa shape index (κ1) is 13.2. The molecule has 1 aromatic rings. The molecule has 3 N–H and O–H groups in total. The topological polar surface area (TPSA) is 55.9 Å². The highest BCUT2D eigenvalue weighted by Crippen LogP contribution is 2.28. The number of hydrogen-bond donors (Lipinski definition) is 2. The third kappa shape index (κ3) is 3.61. The van der Waals surface area contributed by atoms with Gasteiger partial charge in [-0.25, -0.2) is 10.4 Å². The van der Waals surface area contributed by atoms with Crippen LogP contribution in [0.5, 0.6) is 0 Å². The molecule has 0 saturated heterocycles. The third-order valence-corrected chi connectivity index (χ3v) is 2.54. The van der Waals surface area contributed by atoms with Crippen LogP contribution in [0, 0.1) is 5.41 Å². The summed E-state index contributed by atoms with van der Waals surface area (Å²) in [6.07, 6.45) is 5.95. The first-order chi connectivity index (χ1) is 7.48. The van der Waals surface area contributed by atoms with Crippen LogP contribution >= 0.6 is 0 Å². The van der Waals surface area contributed by atoms with Crippen molar-refractivity contribution in [1.29, 1.82) is 0 Å². The summed E-state index contributed by atoms with van der Waals surface area (Å²) in [6.45, 7) is 9.80. The molecule has 4 heteroatoms.